The van der Waals surface area contributed by atoms with Gasteiger partial charge in [-0.25, -0.2) is 18.4 Å². The molecule has 1 rings (SSSR count). The van der Waals surface area contributed by atoms with E-state index in [-0.39, 0.29) is 17.1 Å². The summed E-state index contributed by atoms with van der Waals surface area (Å²) in [4.78, 5) is 11.6. The van der Waals surface area contributed by atoms with Crippen molar-refractivity contribution in [1.29, 1.82) is 0 Å². The topological polar surface area (TPSA) is 95.7 Å². The first-order valence-corrected chi connectivity index (χ1v) is 8.63. The summed E-state index contributed by atoms with van der Waals surface area (Å²) in [6.07, 6.45) is 0. The van der Waals surface area contributed by atoms with E-state index in [1.54, 1.807) is 0 Å². The second kappa shape index (κ2) is 7.88. The molecule has 0 saturated carbocycles. The molecule has 0 aliphatic heterocycles. The van der Waals surface area contributed by atoms with E-state index >= 15 is 0 Å². The Balaban J connectivity index is 2.63. The molecule has 0 aromatic heterocycles. The monoisotopic (exact) mass is 379 g/mol. The predicted octanol–water partition coefficient (Wildman–Crippen LogP) is 1.93. The van der Waals surface area contributed by atoms with Crippen LogP contribution in [0.15, 0.2) is 27.6 Å². The van der Waals surface area contributed by atoms with Gasteiger partial charge in [-0.1, -0.05) is 13.8 Å². The molecule has 0 saturated heterocycles. The molecule has 0 bridgehead atoms. The Morgan fingerprint density at radius 2 is 2.00 bits per heavy atom. The van der Waals surface area contributed by atoms with Crippen molar-refractivity contribution in [2.24, 2.45) is 11.1 Å². The lowest BCUT2D eigenvalue weighted by Crippen LogP contribution is -2.16. The maximum atomic E-state index is 11.8. The van der Waals surface area contributed by atoms with Crippen LogP contribution in [-0.4, -0.2) is 34.2 Å². The Morgan fingerprint density at radius 1 is 1.33 bits per heavy atom. The van der Waals surface area contributed by atoms with Gasteiger partial charge < -0.3 is 9.47 Å². The summed E-state index contributed by atoms with van der Waals surface area (Å²) in [6, 6.07) is 4.07. The van der Waals surface area contributed by atoms with Crippen molar-refractivity contribution in [1.82, 2.24) is 0 Å². The van der Waals surface area contributed by atoms with Gasteiger partial charge in [0.25, 0.3) is 0 Å². The molecule has 2 N–H and O–H groups in total. The van der Waals surface area contributed by atoms with Crippen molar-refractivity contribution in [2.75, 3.05) is 19.8 Å². The first kappa shape index (κ1) is 18.1. The highest BCUT2D eigenvalue weighted by Gasteiger charge is 2.16. The standard InChI is InChI=1S/C13H18BrNO5S/c1-9(2)8-19-5-6-20-13(16)10-3-4-11(14)12(7-10)21(15,17)18/h3-4,7,9H,5-6,8H2,1-2H3,(H2,15,17,18). The zero-order valence-electron chi connectivity index (χ0n) is 11.8. The fourth-order valence-corrected chi connectivity index (χ4v) is 3.00. The average Bonchev–Trinajstić information content (AvgIpc) is 2.36. The Labute approximate surface area is 132 Å². The van der Waals surface area contributed by atoms with Gasteiger partial charge in [0.2, 0.25) is 10.0 Å². The molecule has 0 radical (unpaired) electrons. The minimum absolute atomic E-state index is 0.103. The summed E-state index contributed by atoms with van der Waals surface area (Å²) in [5.74, 6) is -0.218. The number of hydrogen-bond donors (Lipinski definition) is 1. The molecular formula is C13H18BrNO5S. The fourth-order valence-electron chi connectivity index (χ4n) is 1.44. The number of sulfonamides is 1. The van der Waals surface area contributed by atoms with E-state index in [9.17, 15) is 13.2 Å². The first-order valence-electron chi connectivity index (χ1n) is 6.29. The molecular weight excluding hydrogens is 362 g/mol. The Hall–Kier alpha value is -0.960. The van der Waals surface area contributed by atoms with Crippen LogP contribution in [0.4, 0.5) is 0 Å². The van der Waals surface area contributed by atoms with Crippen molar-refractivity contribution < 1.29 is 22.7 Å². The van der Waals surface area contributed by atoms with Gasteiger partial charge in [0.1, 0.15) is 6.61 Å². The summed E-state index contributed by atoms with van der Waals surface area (Å²) in [5, 5.41) is 5.06. The van der Waals surface area contributed by atoms with E-state index in [0.717, 1.165) is 0 Å². The van der Waals surface area contributed by atoms with Gasteiger partial charge in [-0.3, -0.25) is 0 Å². The molecule has 1 aromatic rings. The molecule has 0 heterocycles. The van der Waals surface area contributed by atoms with Crippen molar-refractivity contribution >= 4 is 31.9 Å². The van der Waals surface area contributed by atoms with Crippen molar-refractivity contribution in [3.8, 4) is 0 Å². The number of ether oxygens (including phenoxy) is 2. The van der Waals surface area contributed by atoms with E-state index < -0.39 is 16.0 Å². The highest BCUT2D eigenvalue weighted by Crippen LogP contribution is 2.22. The highest BCUT2D eigenvalue weighted by atomic mass is 79.9. The van der Waals surface area contributed by atoms with Gasteiger partial charge in [0.05, 0.1) is 17.1 Å². The lowest BCUT2D eigenvalue weighted by atomic mass is 10.2. The molecule has 21 heavy (non-hydrogen) atoms. The van der Waals surface area contributed by atoms with Gasteiger partial charge in [-0.15, -0.1) is 0 Å². The molecule has 0 aliphatic rings. The molecule has 8 heteroatoms. The lowest BCUT2D eigenvalue weighted by Gasteiger charge is -2.09. The SMILES string of the molecule is CC(C)COCCOC(=O)c1ccc(Br)c(S(N)(=O)=O)c1. The second-order valence-electron chi connectivity index (χ2n) is 4.79. The molecule has 6 nitrogen and oxygen atoms in total. The van der Waals surface area contributed by atoms with Crippen LogP contribution in [0.3, 0.4) is 0 Å². The molecule has 1 aromatic carbocycles. The molecule has 0 atom stereocenters. The number of benzene rings is 1. The summed E-state index contributed by atoms with van der Waals surface area (Å²) in [7, 11) is -3.91. The van der Waals surface area contributed by atoms with Crippen LogP contribution in [0, 0.1) is 5.92 Å². The van der Waals surface area contributed by atoms with Crippen molar-refractivity contribution in [3.63, 3.8) is 0 Å². The van der Waals surface area contributed by atoms with E-state index in [1.165, 1.54) is 18.2 Å². The Morgan fingerprint density at radius 3 is 2.57 bits per heavy atom. The lowest BCUT2D eigenvalue weighted by molar-refractivity contribution is 0.0277. The quantitative estimate of drug-likeness (QED) is 0.576. The summed E-state index contributed by atoms with van der Waals surface area (Å²) in [6.45, 7) is 5.02. The second-order valence-corrected chi connectivity index (χ2v) is 7.18. The Bertz CT molecular complexity index is 601. The number of nitrogens with two attached hydrogens (primary N) is 1. The number of hydrogen-bond acceptors (Lipinski definition) is 5. The molecule has 0 spiro atoms. The van der Waals surface area contributed by atoms with E-state index in [0.29, 0.717) is 23.6 Å². The van der Waals surface area contributed by atoms with E-state index in [4.69, 9.17) is 14.6 Å². The van der Waals surface area contributed by atoms with Gasteiger partial charge >= 0.3 is 5.97 Å². The zero-order valence-corrected chi connectivity index (χ0v) is 14.2. The third-order valence-corrected chi connectivity index (χ3v) is 4.29. The minimum Gasteiger partial charge on any atom is -0.460 e. The zero-order chi connectivity index (χ0) is 16.0. The molecule has 118 valence electrons. The number of rotatable bonds is 7. The molecule has 0 amide bonds. The third-order valence-electron chi connectivity index (χ3n) is 2.39. The minimum atomic E-state index is -3.91. The van der Waals surface area contributed by atoms with Gasteiger partial charge in [-0.05, 0) is 40.0 Å². The summed E-state index contributed by atoms with van der Waals surface area (Å²) < 4.78 is 33.3. The van der Waals surface area contributed by atoms with Gasteiger partial charge in [-0.2, -0.15) is 0 Å². The van der Waals surface area contributed by atoms with Gasteiger partial charge in [0.15, 0.2) is 0 Å². The predicted molar refractivity (Wildman–Crippen MR) is 81.5 cm³/mol. The third kappa shape index (κ3) is 6.13. The number of esters is 1. The van der Waals surface area contributed by atoms with Crippen LogP contribution < -0.4 is 5.14 Å². The van der Waals surface area contributed by atoms with Crippen molar-refractivity contribution in [2.45, 2.75) is 18.7 Å². The van der Waals surface area contributed by atoms with Crippen LogP contribution in [0.5, 0.6) is 0 Å². The van der Waals surface area contributed by atoms with Crippen LogP contribution in [-0.2, 0) is 19.5 Å². The van der Waals surface area contributed by atoms with Crippen molar-refractivity contribution in [3.05, 3.63) is 28.2 Å². The number of primary sulfonamides is 1. The van der Waals surface area contributed by atoms with Crippen LogP contribution in [0.1, 0.15) is 24.2 Å². The normalized spacial score (nSPS) is 11.7. The maximum Gasteiger partial charge on any atom is 0.338 e. The largest absolute Gasteiger partial charge is 0.460 e. The van der Waals surface area contributed by atoms with Crippen LogP contribution >= 0.6 is 15.9 Å². The van der Waals surface area contributed by atoms with E-state index in [1.807, 2.05) is 13.8 Å². The summed E-state index contributed by atoms with van der Waals surface area (Å²) >= 11 is 3.07. The Kier molecular flexibility index (Phi) is 6.79. The highest BCUT2D eigenvalue weighted by molar-refractivity contribution is 9.10. The maximum absolute atomic E-state index is 11.8. The van der Waals surface area contributed by atoms with Crippen LogP contribution in [0.25, 0.3) is 0 Å². The first-order chi connectivity index (χ1) is 9.71. The smallest absolute Gasteiger partial charge is 0.338 e. The van der Waals surface area contributed by atoms with Gasteiger partial charge in [0, 0.05) is 11.1 Å². The fraction of sp³-hybridized carbons (Fsp3) is 0.462. The average molecular weight is 380 g/mol. The summed E-state index contributed by atoms with van der Waals surface area (Å²) in [5.41, 5.74) is 0.117. The number of carbonyl (C=O) groups is 1. The number of carbonyl (C=O) groups excluding carboxylic acids is 1. The van der Waals surface area contributed by atoms with E-state index in [2.05, 4.69) is 15.9 Å². The molecule has 0 unspecified atom stereocenters. The molecule has 0 aliphatic carbocycles. The van der Waals surface area contributed by atoms with Crippen LogP contribution in [0.2, 0.25) is 0 Å². The molecule has 0 fully saturated rings. The number of halogens is 1.